The van der Waals surface area contributed by atoms with Crippen molar-refractivity contribution >= 4 is 23.7 Å². The number of hydrogen-bond acceptors (Lipinski definition) is 7. The number of alkyl halides is 2. The number of halogens is 2. The van der Waals surface area contributed by atoms with E-state index >= 15 is 8.78 Å². The van der Waals surface area contributed by atoms with Gasteiger partial charge in [0.1, 0.15) is 12.3 Å². The molecule has 0 aromatic heterocycles. The highest BCUT2D eigenvalue weighted by molar-refractivity contribution is 7.99. The fourth-order valence-corrected chi connectivity index (χ4v) is 11.3. The molecule has 2 bridgehead atoms. The van der Waals surface area contributed by atoms with Gasteiger partial charge in [-0.3, -0.25) is 15.0 Å². The molecule has 11 unspecified atom stereocenters. The SMILES string of the molecule is C=CC(=O)N1C[C@H](C)N(C2NC(=O)N3C4NC(C(F)CC42)C2C(F)CCCC2N(C)CCCSC2CCNC(C(C)C)C23)C[C@H]1C. The summed E-state index contributed by atoms with van der Waals surface area (Å²) in [6, 6.07) is -0.956. The van der Waals surface area contributed by atoms with Crippen LogP contribution >= 0.6 is 11.8 Å². The highest BCUT2D eigenvalue weighted by atomic mass is 32.2. The summed E-state index contributed by atoms with van der Waals surface area (Å²) >= 11 is 1.97. The zero-order valence-corrected chi connectivity index (χ0v) is 29.2. The summed E-state index contributed by atoms with van der Waals surface area (Å²) in [5.41, 5.74) is 0. The summed E-state index contributed by atoms with van der Waals surface area (Å²) in [4.78, 5) is 35.7. The van der Waals surface area contributed by atoms with Gasteiger partial charge in [0.15, 0.2) is 0 Å². The minimum Gasteiger partial charge on any atom is -0.334 e. The smallest absolute Gasteiger partial charge is 0.320 e. The third-order valence-corrected chi connectivity index (χ3v) is 13.6. The number of piperazine rings is 1. The van der Waals surface area contributed by atoms with E-state index in [0.29, 0.717) is 25.4 Å². The van der Waals surface area contributed by atoms with Gasteiger partial charge in [0.05, 0.1) is 18.4 Å². The Hall–Kier alpha value is -1.47. The lowest BCUT2D eigenvalue weighted by molar-refractivity contribution is -0.136. The predicted molar refractivity (Wildman–Crippen MR) is 180 cm³/mol. The van der Waals surface area contributed by atoms with Gasteiger partial charge in [-0.2, -0.15) is 11.8 Å². The standard InChI is InChI=1S/C34H57F2N7O2S/c1-7-27(44)41-17-21(5)42(18-20(41)4)32-22-16-24(36)30-28-23(35)10-8-11-25(28)40(6)14-9-15-46-26-12-13-37-29(19(2)3)31(26)43(33(22)38-30)34(45)39-32/h7,19-26,28-33,37-38H,1,8-18H2,2-6H3,(H,39,45)/t20-,21+,22?,23?,24?,25?,26?,28?,29?,30?,31?,32?,33?/m1/s1. The van der Waals surface area contributed by atoms with Crippen molar-refractivity contribution in [2.45, 2.75) is 132 Å². The topological polar surface area (TPSA) is 83.2 Å². The highest BCUT2D eigenvalue weighted by Gasteiger charge is 2.58. The molecule has 1 aliphatic carbocycles. The Kier molecular flexibility index (Phi) is 10.6. The van der Waals surface area contributed by atoms with E-state index in [1.807, 2.05) is 28.5 Å². The molecule has 1 saturated carbocycles. The van der Waals surface area contributed by atoms with E-state index in [1.165, 1.54) is 6.08 Å². The molecule has 0 spiro atoms. The summed E-state index contributed by atoms with van der Waals surface area (Å²) in [5, 5.41) is 11.1. The highest BCUT2D eigenvalue weighted by Crippen LogP contribution is 2.44. The molecule has 6 fully saturated rings. The molecule has 260 valence electrons. The van der Waals surface area contributed by atoms with Crippen LogP contribution in [0.25, 0.3) is 0 Å². The molecule has 5 aliphatic heterocycles. The Balaban J connectivity index is 1.40. The second-order valence-electron chi connectivity index (χ2n) is 15.3. The van der Waals surface area contributed by atoms with Crippen molar-refractivity contribution in [3.8, 4) is 0 Å². The lowest BCUT2D eigenvalue weighted by atomic mass is 9.72. The molecule has 6 rings (SSSR count). The minimum absolute atomic E-state index is 0.0350. The lowest BCUT2D eigenvalue weighted by Gasteiger charge is -2.60. The first-order valence-corrected chi connectivity index (χ1v) is 18.9. The Labute approximate surface area is 279 Å². The first-order chi connectivity index (χ1) is 22.0. The van der Waals surface area contributed by atoms with Gasteiger partial charge in [-0.25, -0.2) is 13.6 Å². The fraction of sp³-hybridized carbons (Fsp3) is 0.882. The van der Waals surface area contributed by atoms with E-state index in [9.17, 15) is 9.59 Å². The monoisotopic (exact) mass is 665 g/mol. The molecular weight excluding hydrogens is 608 g/mol. The number of carbonyl (C=O) groups is 2. The summed E-state index contributed by atoms with van der Waals surface area (Å²) in [7, 11) is 2.09. The van der Waals surface area contributed by atoms with E-state index in [-0.39, 0.29) is 59.7 Å². The van der Waals surface area contributed by atoms with Crippen LogP contribution in [0.2, 0.25) is 0 Å². The number of carbonyl (C=O) groups excluding carboxylic acids is 2. The molecule has 9 nitrogen and oxygen atoms in total. The maximum Gasteiger partial charge on any atom is 0.320 e. The number of fused-ring (bicyclic) bond motifs is 5. The van der Waals surface area contributed by atoms with Gasteiger partial charge in [0, 0.05) is 60.4 Å². The number of piperidine rings is 2. The van der Waals surface area contributed by atoms with E-state index in [1.54, 1.807) is 0 Å². The average Bonchev–Trinajstić information content (AvgIpc) is 3.03. The van der Waals surface area contributed by atoms with Crippen LogP contribution in [0.3, 0.4) is 0 Å². The molecule has 0 aromatic rings. The van der Waals surface area contributed by atoms with Gasteiger partial charge in [-0.05, 0) is 90.3 Å². The van der Waals surface area contributed by atoms with Crippen molar-refractivity contribution in [1.29, 1.82) is 0 Å². The quantitative estimate of drug-likeness (QED) is 0.399. The van der Waals surface area contributed by atoms with Crippen molar-refractivity contribution < 1.29 is 18.4 Å². The summed E-state index contributed by atoms with van der Waals surface area (Å²) in [5.74, 6) is 0.456. The minimum atomic E-state index is -1.24. The summed E-state index contributed by atoms with van der Waals surface area (Å²) in [6.45, 7) is 15.1. The van der Waals surface area contributed by atoms with Crippen LogP contribution < -0.4 is 16.0 Å². The van der Waals surface area contributed by atoms with Crippen molar-refractivity contribution in [2.75, 3.05) is 39.0 Å². The third-order valence-electron chi connectivity index (χ3n) is 12.1. The summed E-state index contributed by atoms with van der Waals surface area (Å²) in [6.07, 6.45) is 2.54. The largest absolute Gasteiger partial charge is 0.334 e. The molecule has 13 atom stereocenters. The zero-order chi connectivity index (χ0) is 32.9. The number of nitrogens with one attached hydrogen (secondary N) is 3. The molecule has 12 heteroatoms. The molecule has 3 amide bonds. The van der Waals surface area contributed by atoms with Gasteiger partial charge >= 0.3 is 6.03 Å². The molecule has 0 radical (unpaired) electrons. The van der Waals surface area contributed by atoms with Crippen molar-refractivity contribution in [2.24, 2.45) is 17.8 Å². The number of rotatable bonds is 3. The number of thioether (sulfide) groups is 1. The molecule has 5 saturated heterocycles. The van der Waals surface area contributed by atoms with Gasteiger partial charge in [-0.15, -0.1) is 0 Å². The average molecular weight is 666 g/mol. The Morgan fingerprint density at radius 1 is 1.07 bits per heavy atom. The van der Waals surface area contributed by atoms with E-state index in [4.69, 9.17) is 0 Å². The van der Waals surface area contributed by atoms with Crippen LogP contribution in [0.15, 0.2) is 12.7 Å². The van der Waals surface area contributed by atoms with Crippen LogP contribution in [-0.2, 0) is 4.79 Å². The Morgan fingerprint density at radius 3 is 2.59 bits per heavy atom. The van der Waals surface area contributed by atoms with Gasteiger partial charge in [0.2, 0.25) is 5.91 Å². The lowest BCUT2D eigenvalue weighted by Crippen LogP contribution is -2.80. The van der Waals surface area contributed by atoms with Gasteiger partial charge in [0.25, 0.3) is 0 Å². The van der Waals surface area contributed by atoms with Crippen LogP contribution in [0.4, 0.5) is 13.6 Å². The predicted octanol–water partition coefficient (Wildman–Crippen LogP) is 3.42. The van der Waals surface area contributed by atoms with Crippen LogP contribution in [0, 0.1) is 17.8 Å². The molecular formula is C34H57F2N7O2S. The second kappa shape index (κ2) is 14.2. The fourth-order valence-electron chi connectivity index (χ4n) is 9.87. The van der Waals surface area contributed by atoms with E-state index < -0.39 is 36.6 Å². The van der Waals surface area contributed by atoms with Crippen LogP contribution in [0.1, 0.15) is 66.2 Å². The normalized spacial score (nSPS) is 44.6. The first-order valence-electron chi connectivity index (χ1n) is 17.9. The third kappa shape index (κ3) is 6.34. The maximum absolute atomic E-state index is 16.8. The molecule has 46 heavy (non-hydrogen) atoms. The van der Waals surface area contributed by atoms with Gasteiger partial charge < -0.3 is 25.3 Å². The maximum atomic E-state index is 16.8. The number of urea groups is 1. The molecule has 5 heterocycles. The Morgan fingerprint density at radius 2 is 1.85 bits per heavy atom. The van der Waals surface area contributed by atoms with Crippen LogP contribution in [-0.4, -0.2) is 137 Å². The molecule has 0 aromatic carbocycles. The van der Waals surface area contributed by atoms with Crippen LogP contribution in [0.5, 0.6) is 0 Å². The number of hydrogen-bond donors (Lipinski definition) is 3. The number of amides is 3. The Bertz CT molecular complexity index is 1120. The zero-order valence-electron chi connectivity index (χ0n) is 28.4. The molecule has 6 aliphatic rings. The van der Waals surface area contributed by atoms with Crippen molar-refractivity contribution in [3.63, 3.8) is 0 Å². The van der Waals surface area contributed by atoms with Gasteiger partial charge in [-0.1, -0.05) is 20.4 Å². The summed E-state index contributed by atoms with van der Waals surface area (Å²) < 4.78 is 32.9. The second-order valence-corrected chi connectivity index (χ2v) is 16.6. The van der Waals surface area contributed by atoms with Crippen molar-refractivity contribution in [3.05, 3.63) is 12.7 Å². The first kappa shape index (κ1) is 34.4. The van der Waals surface area contributed by atoms with Crippen molar-refractivity contribution in [1.82, 2.24) is 35.6 Å². The van der Waals surface area contributed by atoms with E-state index in [2.05, 4.69) is 60.1 Å². The number of nitrogens with zero attached hydrogens (tertiary/aromatic N) is 4. The van der Waals surface area contributed by atoms with E-state index in [0.717, 1.165) is 44.5 Å². The molecule has 3 N–H and O–H groups in total.